The van der Waals surface area contributed by atoms with Crippen molar-refractivity contribution in [1.82, 2.24) is 29.8 Å². The molecule has 0 aliphatic carbocycles. The summed E-state index contributed by atoms with van der Waals surface area (Å²) >= 11 is 0. The summed E-state index contributed by atoms with van der Waals surface area (Å²) in [4.78, 5) is 22.7. The number of benzene rings is 1. The van der Waals surface area contributed by atoms with Crippen LogP contribution < -0.4 is 16.4 Å². The summed E-state index contributed by atoms with van der Waals surface area (Å²) in [6.45, 7) is 12.1. The molecule has 6 N–H and O–H groups in total. The van der Waals surface area contributed by atoms with E-state index in [2.05, 4.69) is 65.2 Å². The Morgan fingerprint density at radius 1 is 1.18 bits per heavy atom. The molecular formula is C27H40N8O4. The number of ether oxygens (including phenoxy) is 1. The van der Waals surface area contributed by atoms with Gasteiger partial charge in [-0.2, -0.15) is 5.10 Å². The van der Waals surface area contributed by atoms with Crippen molar-refractivity contribution >= 4 is 23.2 Å². The van der Waals surface area contributed by atoms with Crippen LogP contribution in [-0.4, -0.2) is 84.7 Å². The number of nitrogens with zero attached hydrogens (tertiary/aromatic N) is 5. The van der Waals surface area contributed by atoms with E-state index < -0.39 is 24.4 Å². The Balaban J connectivity index is 1.27. The zero-order valence-corrected chi connectivity index (χ0v) is 23.2. The largest absolute Gasteiger partial charge is 0.388 e. The van der Waals surface area contributed by atoms with Gasteiger partial charge >= 0.3 is 6.03 Å². The van der Waals surface area contributed by atoms with Crippen molar-refractivity contribution in [2.75, 3.05) is 30.7 Å². The summed E-state index contributed by atoms with van der Waals surface area (Å²) < 4.78 is 7.59. The molecule has 12 heteroatoms. The van der Waals surface area contributed by atoms with Crippen LogP contribution in [0.4, 0.5) is 16.3 Å². The number of aliphatic hydroxyl groups is 2. The number of amides is 2. The van der Waals surface area contributed by atoms with Crippen LogP contribution in [0, 0.1) is 0 Å². The third kappa shape index (κ3) is 6.64. The van der Waals surface area contributed by atoms with Crippen LogP contribution in [0.15, 0.2) is 36.8 Å². The van der Waals surface area contributed by atoms with Gasteiger partial charge in [-0.3, -0.25) is 4.90 Å². The number of imidazole rings is 1. The zero-order chi connectivity index (χ0) is 28.3. The topological polar surface area (TPSA) is 163 Å². The minimum absolute atomic E-state index is 0.0547. The predicted octanol–water partition coefficient (Wildman–Crippen LogP) is 2.09. The number of hydrogen-bond acceptors (Lipinski definition) is 9. The van der Waals surface area contributed by atoms with Gasteiger partial charge in [0.15, 0.2) is 11.5 Å². The number of carbonyl (C=O) groups is 1. The van der Waals surface area contributed by atoms with Crippen LogP contribution in [0.5, 0.6) is 0 Å². The van der Waals surface area contributed by atoms with Crippen molar-refractivity contribution in [1.29, 1.82) is 0 Å². The van der Waals surface area contributed by atoms with Crippen LogP contribution in [0.1, 0.15) is 58.4 Å². The fraction of sp³-hybridized carbons (Fsp3) is 0.556. The third-order valence-corrected chi connectivity index (χ3v) is 7.07. The Labute approximate surface area is 228 Å². The van der Waals surface area contributed by atoms with E-state index in [0.29, 0.717) is 37.4 Å². The van der Waals surface area contributed by atoms with E-state index in [-0.39, 0.29) is 23.3 Å². The first-order valence-electron chi connectivity index (χ1n) is 13.3. The van der Waals surface area contributed by atoms with Gasteiger partial charge < -0.3 is 31.3 Å². The number of hydrogen-bond donors (Lipinski definition) is 5. The molecule has 2 amide bonds. The zero-order valence-electron chi connectivity index (χ0n) is 23.2. The van der Waals surface area contributed by atoms with Gasteiger partial charge in [0, 0.05) is 31.4 Å². The van der Waals surface area contributed by atoms with Crippen molar-refractivity contribution in [3.05, 3.63) is 48.0 Å². The van der Waals surface area contributed by atoms with Crippen LogP contribution in [0.25, 0.3) is 5.65 Å². The third-order valence-electron chi connectivity index (χ3n) is 7.07. The predicted molar refractivity (Wildman–Crippen MR) is 148 cm³/mol. The molecule has 3 heterocycles. The van der Waals surface area contributed by atoms with Crippen LogP contribution in [0.2, 0.25) is 0 Å². The van der Waals surface area contributed by atoms with Crippen LogP contribution in [-0.2, 0) is 10.2 Å². The molecule has 1 aliphatic heterocycles. The second-order valence-electron chi connectivity index (χ2n) is 11.3. The van der Waals surface area contributed by atoms with Gasteiger partial charge in [-0.1, -0.05) is 32.9 Å². The average Bonchev–Trinajstić information content (AvgIpc) is 3.42. The van der Waals surface area contributed by atoms with Crippen molar-refractivity contribution < 1.29 is 19.7 Å². The van der Waals surface area contributed by atoms with Gasteiger partial charge in [-0.15, -0.1) is 0 Å². The highest BCUT2D eigenvalue weighted by Crippen LogP contribution is 2.34. The summed E-state index contributed by atoms with van der Waals surface area (Å²) in [5.74, 6) is 0.215. The Bertz CT molecular complexity index is 1260. The standard InChI is InChI=1S/C27H40N8O4/c1-16(2)34(12-6-11-29-26(38)33-18-9-7-17(8-10-18)27(3,4)5)14-20-21(36)22(37)23(39-20)19-13-30-25-24(28)31-15-32-35(19)25/h7-10,13,15-16,20-23,36-37H,6,11-12,14H2,1-5H3,(H2,28,31,32)(H2,29,33,38)/t20-,21-,22-,23+/m1/s1. The lowest BCUT2D eigenvalue weighted by atomic mass is 9.87. The molecule has 4 atom stereocenters. The quantitative estimate of drug-likeness (QED) is 0.256. The summed E-state index contributed by atoms with van der Waals surface area (Å²) in [6, 6.07) is 7.77. The molecule has 0 unspecified atom stereocenters. The number of nitrogen functional groups attached to an aromatic ring is 1. The molecular weight excluding hydrogens is 500 g/mol. The smallest absolute Gasteiger partial charge is 0.319 e. The first-order valence-corrected chi connectivity index (χ1v) is 13.3. The molecule has 0 radical (unpaired) electrons. The molecule has 212 valence electrons. The van der Waals surface area contributed by atoms with Gasteiger partial charge in [0.25, 0.3) is 0 Å². The number of anilines is 2. The molecule has 0 spiro atoms. The summed E-state index contributed by atoms with van der Waals surface area (Å²) in [5.41, 5.74) is 8.72. The van der Waals surface area contributed by atoms with Crippen LogP contribution in [0.3, 0.4) is 0 Å². The van der Waals surface area contributed by atoms with E-state index in [1.807, 2.05) is 24.3 Å². The lowest BCUT2D eigenvalue weighted by Gasteiger charge is -2.30. The maximum absolute atomic E-state index is 12.4. The number of carbonyl (C=O) groups excluding carboxylic acids is 1. The van der Waals surface area contributed by atoms with Crippen molar-refractivity contribution in [3.8, 4) is 0 Å². The van der Waals surface area contributed by atoms with Crippen molar-refractivity contribution in [3.63, 3.8) is 0 Å². The number of rotatable bonds is 9. The normalized spacial score (nSPS) is 21.7. The van der Waals surface area contributed by atoms with E-state index in [1.165, 1.54) is 22.6 Å². The molecule has 2 aromatic heterocycles. The van der Waals surface area contributed by atoms with Gasteiger partial charge in [0.2, 0.25) is 0 Å². The molecule has 39 heavy (non-hydrogen) atoms. The Morgan fingerprint density at radius 2 is 1.90 bits per heavy atom. The molecule has 4 rings (SSSR count). The Morgan fingerprint density at radius 3 is 2.56 bits per heavy atom. The van der Waals surface area contributed by atoms with Crippen molar-refractivity contribution in [2.24, 2.45) is 0 Å². The molecule has 1 aliphatic rings. The molecule has 1 aromatic carbocycles. The minimum atomic E-state index is -1.15. The number of nitrogens with one attached hydrogen (secondary N) is 2. The van der Waals surface area contributed by atoms with Gasteiger partial charge in [0.1, 0.15) is 24.6 Å². The molecule has 12 nitrogen and oxygen atoms in total. The second kappa shape index (κ2) is 11.8. The van der Waals surface area contributed by atoms with Crippen LogP contribution >= 0.6 is 0 Å². The fourth-order valence-corrected chi connectivity index (χ4v) is 4.69. The second-order valence-corrected chi connectivity index (χ2v) is 11.3. The fourth-order valence-electron chi connectivity index (χ4n) is 4.69. The molecule has 1 fully saturated rings. The lowest BCUT2D eigenvalue weighted by Crippen LogP contribution is -2.44. The maximum atomic E-state index is 12.4. The monoisotopic (exact) mass is 540 g/mol. The highest BCUT2D eigenvalue weighted by molar-refractivity contribution is 5.89. The molecule has 1 saturated heterocycles. The number of fused-ring (bicyclic) bond motifs is 1. The van der Waals surface area contributed by atoms with E-state index in [9.17, 15) is 15.0 Å². The van der Waals surface area contributed by atoms with E-state index >= 15 is 0 Å². The van der Waals surface area contributed by atoms with Gasteiger partial charge in [0.05, 0.1) is 18.0 Å². The molecule has 0 saturated carbocycles. The number of nitrogens with two attached hydrogens (primary N) is 1. The first kappa shape index (κ1) is 28.7. The van der Waals surface area contributed by atoms with Gasteiger partial charge in [-0.25, -0.2) is 19.3 Å². The average molecular weight is 541 g/mol. The van der Waals surface area contributed by atoms with Crippen molar-refractivity contribution in [2.45, 2.75) is 76.9 Å². The minimum Gasteiger partial charge on any atom is -0.388 e. The lowest BCUT2D eigenvalue weighted by molar-refractivity contribution is -0.0187. The summed E-state index contributed by atoms with van der Waals surface area (Å²) in [7, 11) is 0. The van der Waals surface area contributed by atoms with Gasteiger partial charge in [-0.05, 0) is 43.4 Å². The molecule has 3 aromatic rings. The summed E-state index contributed by atoms with van der Waals surface area (Å²) in [5, 5.41) is 31.5. The SMILES string of the molecule is CC(C)N(CCCNC(=O)Nc1ccc(C(C)(C)C)cc1)C[C@H]1O[C@@H](c2cnc3c(N)ncnn23)[C@H](O)[C@@H]1O. The Hall–Kier alpha value is -3.32. The number of aliphatic hydroxyl groups excluding tert-OH is 2. The van der Waals surface area contributed by atoms with E-state index in [1.54, 1.807) is 0 Å². The first-order chi connectivity index (χ1) is 18.5. The van der Waals surface area contributed by atoms with E-state index in [4.69, 9.17) is 10.5 Å². The number of urea groups is 1. The maximum Gasteiger partial charge on any atom is 0.319 e. The number of aromatic nitrogens is 4. The highest BCUT2D eigenvalue weighted by Gasteiger charge is 2.45. The summed E-state index contributed by atoms with van der Waals surface area (Å²) in [6.07, 6.45) is -0.139. The molecule has 0 bridgehead atoms. The van der Waals surface area contributed by atoms with E-state index in [0.717, 1.165) is 5.69 Å². The highest BCUT2D eigenvalue weighted by atomic mass is 16.5. The Kier molecular flexibility index (Phi) is 8.70.